The summed E-state index contributed by atoms with van der Waals surface area (Å²) in [6.07, 6.45) is 2.17. The van der Waals surface area contributed by atoms with Crippen LogP contribution in [0.25, 0.3) is 0 Å². The summed E-state index contributed by atoms with van der Waals surface area (Å²) in [7, 11) is 1.57. The molecule has 164 valence electrons. The molecule has 0 saturated heterocycles. The van der Waals surface area contributed by atoms with Gasteiger partial charge in [0.15, 0.2) is 11.5 Å². The highest BCUT2D eigenvalue weighted by atomic mass is 79.9. The van der Waals surface area contributed by atoms with Gasteiger partial charge in [-0.25, -0.2) is 0 Å². The number of aliphatic carboxylic acids is 1. The number of carboxylic acid groups (broad SMARTS) is 1. The van der Waals surface area contributed by atoms with Gasteiger partial charge in [-0.1, -0.05) is 28.1 Å². The Morgan fingerprint density at radius 2 is 1.63 bits per heavy atom. The molecule has 5 nitrogen and oxygen atoms in total. The maximum absolute atomic E-state index is 12.0. The molecule has 0 aliphatic heterocycles. The summed E-state index contributed by atoms with van der Waals surface area (Å²) >= 11 is 3.51. The summed E-state index contributed by atoms with van der Waals surface area (Å²) in [5.41, 5.74) is 1.85. The van der Waals surface area contributed by atoms with E-state index in [0.717, 1.165) is 24.2 Å². The number of methoxy groups -OCH3 is 1. The number of aryl methyl sites for hydroxylation is 1. The molecule has 0 aliphatic carbocycles. The minimum atomic E-state index is -0.850. The number of hydrogen-bond donors (Lipinski definition) is 1. The van der Waals surface area contributed by atoms with Crippen LogP contribution in [0.4, 0.5) is 0 Å². The molecule has 2 aromatic carbocycles. The predicted molar refractivity (Wildman–Crippen MR) is 122 cm³/mol. The van der Waals surface area contributed by atoms with Crippen LogP contribution in [0.3, 0.4) is 0 Å². The van der Waals surface area contributed by atoms with Gasteiger partial charge in [-0.2, -0.15) is 0 Å². The van der Waals surface area contributed by atoms with Crippen molar-refractivity contribution in [3.63, 3.8) is 0 Å². The molecular weight excluding hydrogens is 448 g/mol. The number of halogens is 1. The van der Waals surface area contributed by atoms with Gasteiger partial charge in [0.05, 0.1) is 25.2 Å². The smallest absolute Gasteiger partial charge is 0.311 e. The number of benzene rings is 2. The summed E-state index contributed by atoms with van der Waals surface area (Å²) in [5, 5.41) is 9.86. The van der Waals surface area contributed by atoms with Crippen molar-refractivity contribution >= 4 is 21.9 Å². The van der Waals surface area contributed by atoms with Gasteiger partial charge in [0.25, 0.3) is 0 Å². The van der Waals surface area contributed by atoms with Crippen molar-refractivity contribution in [2.75, 3.05) is 7.11 Å². The number of ether oxygens (including phenoxy) is 3. The topological polar surface area (TPSA) is 65.0 Å². The van der Waals surface area contributed by atoms with E-state index in [1.54, 1.807) is 19.2 Å². The summed E-state index contributed by atoms with van der Waals surface area (Å²) in [6.45, 7) is 7.84. The molecule has 0 fully saturated rings. The van der Waals surface area contributed by atoms with Crippen molar-refractivity contribution in [2.24, 2.45) is 0 Å². The highest BCUT2D eigenvalue weighted by Gasteiger charge is 2.24. The zero-order chi connectivity index (χ0) is 22.3. The average Bonchev–Trinajstić information content (AvgIpc) is 2.67. The predicted octanol–water partition coefficient (Wildman–Crippen LogP) is 6.22. The Bertz CT molecular complexity index is 830. The van der Waals surface area contributed by atoms with E-state index in [4.69, 9.17) is 14.2 Å². The highest BCUT2D eigenvalue weighted by molar-refractivity contribution is 9.10. The van der Waals surface area contributed by atoms with Crippen LogP contribution in [0.1, 0.15) is 57.6 Å². The molecule has 1 N–H and O–H groups in total. The van der Waals surface area contributed by atoms with Crippen LogP contribution >= 0.6 is 15.9 Å². The molecule has 0 spiro atoms. The Kier molecular flexibility index (Phi) is 9.03. The molecule has 0 aliphatic rings. The van der Waals surface area contributed by atoms with Gasteiger partial charge in [-0.3, -0.25) is 4.79 Å². The fourth-order valence-corrected chi connectivity index (χ4v) is 3.85. The molecule has 2 rings (SSSR count). The molecule has 1 unspecified atom stereocenters. The quantitative estimate of drug-likeness (QED) is 0.414. The first-order chi connectivity index (χ1) is 14.2. The number of rotatable bonds is 11. The van der Waals surface area contributed by atoms with E-state index in [1.807, 2.05) is 52.0 Å². The Morgan fingerprint density at radius 1 is 1.00 bits per heavy atom. The number of carbonyl (C=O) groups is 1. The van der Waals surface area contributed by atoms with Gasteiger partial charge in [0.1, 0.15) is 5.75 Å². The molecule has 0 aromatic heterocycles. The molecule has 0 bridgehead atoms. The van der Waals surface area contributed by atoms with Gasteiger partial charge in [-0.15, -0.1) is 0 Å². The Hall–Kier alpha value is -2.21. The van der Waals surface area contributed by atoms with Crippen LogP contribution in [0.5, 0.6) is 17.2 Å². The van der Waals surface area contributed by atoms with Gasteiger partial charge in [0.2, 0.25) is 0 Å². The summed E-state index contributed by atoms with van der Waals surface area (Å²) < 4.78 is 17.6. The number of carboxylic acids is 1. The molecule has 0 radical (unpaired) electrons. The third-order valence-electron chi connectivity index (χ3n) is 4.57. The first-order valence-electron chi connectivity index (χ1n) is 10.2. The van der Waals surface area contributed by atoms with Crippen molar-refractivity contribution < 1.29 is 24.1 Å². The normalized spacial score (nSPS) is 12.1. The second-order valence-electron chi connectivity index (χ2n) is 7.78. The molecular formula is C24H31BrO5. The van der Waals surface area contributed by atoms with Crippen LogP contribution in [-0.4, -0.2) is 30.4 Å². The largest absolute Gasteiger partial charge is 0.493 e. The zero-order valence-corrected chi connectivity index (χ0v) is 19.9. The van der Waals surface area contributed by atoms with Crippen molar-refractivity contribution in [1.82, 2.24) is 0 Å². The van der Waals surface area contributed by atoms with Crippen molar-refractivity contribution in [1.29, 1.82) is 0 Å². The lowest BCUT2D eigenvalue weighted by Gasteiger charge is -2.19. The Morgan fingerprint density at radius 3 is 2.17 bits per heavy atom. The first kappa shape index (κ1) is 24.1. The monoisotopic (exact) mass is 478 g/mol. The summed E-state index contributed by atoms with van der Waals surface area (Å²) in [5.74, 6) is 0.488. The lowest BCUT2D eigenvalue weighted by Crippen LogP contribution is -2.14. The van der Waals surface area contributed by atoms with Crippen LogP contribution in [0, 0.1) is 0 Å². The molecule has 0 saturated carbocycles. The second-order valence-corrected chi connectivity index (χ2v) is 8.64. The standard InChI is InChI=1S/C24H31BrO5/c1-15(2)29-18-11-9-17(10-12-18)7-6-8-19(24(26)27)20-13-23(30-16(3)4)22(28-5)14-21(20)25/h9-16,19H,6-8H2,1-5H3,(H,26,27). The number of hydrogen-bond acceptors (Lipinski definition) is 4. The lowest BCUT2D eigenvalue weighted by molar-refractivity contribution is -0.139. The molecule has 0 amide bonds. The molecule has 1 atom stereocenters. The second kappa shape index (κ2) is 11.3. The van der Waals surface area contributed by atoms with E-state index in [9.17, 15) is 9.90 Å². The van der Waals surface area contributed by atoms with Crippen LogP contribution in [-0.2, 0) is 11.2 Å². The zero-order valence-electron chi connectivity index (χ0n) is 18.3. The average molecular weight is 479 g/mol. The van der Waals surface area contributed by atoms with Gasteiger partial charge in [-0.05, 0) is 82.3 Å². The van der Waals surface area contributed by atoms with E-state index < -0.39 is 11.9 Å². The molecule has 2 aromatic rings. The highest BCUT2D eigenvalue weighted by Crippen LogP contribution is 2.39. The fourth-order valence-electron chi connectivity index (χ4n) is 3.25. The van der Waals surface area contributed by atoms with E-state index in [2.05, 4.69) is 15.9 Å². The minimum Gasteiger partial charge on any atom is -0.493 e. The van der Waals surface area contributed by atoms with Crippen LogP contribution in [0.2, 0.25) is 0 Å². The summed E-state index contributed by atoms with van der Waals surface area (Å²) in [6, 6.07) is 11.5. The fraction of sp³-hybridized carbons (Fsp3) is 0.458. The van der Waals surface area contributed by atoms with E-state index >= 15 is 0 Å². The SMILES string of the molecule is COc1cc(Br)c(C(CCCc2ccc(OC(C)C)cc2)C(=O)O)cc1OC(C)C. The van der Waals surface area contributed by atoms with Crippen molar-refractivity contribution in [3.8, 4) is 17.2 Å². The molecule has 30 heavy (non-hydrogen) atoms. The van der Waals surface area contributed by atoms with Crippen LogP contribution in [0.15, 0.2) is 40.9 Å². The van der Waals surface area contributed by atoms with E-state index in [-0.39, 0.29) is 12.2 Å². The maximum Gasteiger partial charge on any atom is 0.311 e. The lowest BCUT2D eigenvalue weighted by atomic mass is 9.92. The van der Waals surface area contributed by atoms with Crippen molar-refractivity contribution in [2.45, 2.75) is 65.1 Å². The Labute approximate surface area is 187 Å². The minimum absolute atomic E-state index is 0.0427. The Balaban J connectivity index is 2.11. The van der Waals surface area contributed by atoms with E-state index in [0.29, 0.717) is 28.0 Å². The van der Waals surface area contributed by atoms with Crippen molar-refractivity contribution in [3.05, 3.63) is 52.0 Å². The maximum atomic E-state index is 12.0. The third kappa shape index (κ3) is 6.94. The van der Waals surface area contributed by atoms with Gasteiger partial charge in [0, 0.05) is 4.47 Å². The third-order valence-corrected chi connectivity index (χ3v) is 5.26. The van der Waals surface area contributed by atoms with Gasteiger partial charge >= 0.3 is 5.97 Å². The van der Waals surface area contributed by atoms with Crippen LogP contribution < -0.4 is 14.2 Å². The van der Waals surface area contributed by atoms with E-state index in [1.165, 1.54) is 0 Å². The summed E-state index contributed by atoms with van der Waals surface area (Å²) in [4.78, 5) is 12.0. The first-order valence-corrected chi connectivity index (χ1v) is 11.0. The van der Waals surface area contributed by atoms with Gasteiger partial charge < -0.3 is 19.3 Å². The molecule has 6 heteroatoms. The molecule has 0 heterocycles.